The summed E-state index contributed by atoms with van der Waals surface area (Å²) < 4.78 is 10.7. The largest absolute Gasteiger partial charge is 0.497 e. The second-order valence-corrected chi connectivity index (χ2v) is 7.59. The van der Waals surface area contributed by atoms with Crippen LogP contribution in [-0.4, -0.2) is 40.9 Å². The lowest BCUT2D eigenvalue weighted by atomic mass is 10.1. The van der Waals surface area contributed by atoms with Crippen LogP contribution in [0.5, 0.6) is 5.75 Å². The monoisotopic (exact) mass is 395 g/mol. The number of benzene rings is 2. The van der Waals surface area contributed by atoms with Crippen LogP contribution in [0.15, 0.2) is 57.9 Å². The fourth-order valence-corrected chi connectivity index (χ4v) is 3.71. The molecule has 28 heavy (non-hydrogen) atoms. The molecule has 2 heterocycles. The number of rotatable bonds is 6. The number of hydrogen-bond acceptors (Lipinski definition) is 6. The highest BCUT2D eigenvalue weighted by atomic mass is 32.2. The quantitative estimate of drug-likeness (QED) is 0.588. The number of nitrogens with zero attached hydrogens (tertiary/aromatic N) is 3. The van der Waals surface area contributed by atoms with Gasteiger partial charge in [0.25, 0.3) is 0 Å². The molecule has 0 spiro atoms. The lowest BCUT2D eigenvalue weighted by Gasteiger charge is -2.16. The minimum Gasteiger partial charge on any atom is -0.497 e. The molecule has 2 aromatic carbocycles. The topological polar surface area (TPSA) is 68.5 Å². The highest BCUT2D eigenvalue weighted by Gasteiger charge is 2.34. The molecule has 6 nitrogen and oxygen atoms in total. The Bertz CT molecular complexity index is 954. The molecular weight excluding hydrogens is 374 g/mol. The fraction of sp³-hybridized carbons (Fsp3) is 0.286. The van der Waals surface area contributed by atoms with E-state index in [-0.39, 0.29) is 11.8 Å². The van der Waals surface area contributed by atoms with Crippen molar-refractivity contribution in [3.05, 3.63) is 60.0 Å². The third kappa shape index (κ3) is 3.89. The third-order valence-electron chi connectivity index (χ3n) is 4.89. The van der Waals surface area contributed by atoms with E-state index in [1.807, 2.05) is 59.7 Å². The number of methoxy groups -OCH3 is 1. The molecule has 1 atom stereocenters. The normalized spacial score (nSPS) is 16.6. The minimum atomic E-state index is -0.0718. The first-order valence-electron chi connectivity index (χ1n) is 9.05. The zero-order valence-electron chi connectivity index (χ0n) is 15.8. The van der Waals surface area contributed by atoms with Gasteiger partial charge in [0.15, 0.2) is 0 Å². The van der Waals surface area contributed by atoms with Crippen molar-refractivity contribution in [1.29, 1.82) is 0 Å². The number of hydrogen-bond donors (Lipinski definition) is 0. The molecule has 1 saturated heterocycles. The average molecular weight is 395 g/mol. The summed E-state index contributed by atoms with van der Waals surface area (Å²) >= 11 is 1.69. The summed E-state index contributed by atoms with van der Waals surface area (Å²) in [6, 6.07) is 15.8. The van der Waals surface area contributed by atoms with Crippen LogP contribution in [0.2, 0.25) is 0 Å². The molecule has 7 heteroatoms. The van der Waals surface area contributed by atoms with E-state index in [1.165, 1.54) is 4.90 Å². The maximum Gasteiger partial charge on any atom is 0.232 e. The number of carbonyl (C=O) groups excluding carboxylic acids is 1. The van der Waals surface area contributed by atoms with Gasteiger partial charge in [0.1, 0.15) is 5.75 Å². The second kappa shape index (κ2) is 8.06. The average Bonchev–Trinajstić information content (AvgIpc) is 3.36. The summed E-state index contributed by atoms with van der Waals surface area (Å²) in [5.41, 5.74) is 1.97. The molecule has 0 saturated carbocycles. The third-order valence-corrected chi connectivity index (χ3v) is 5.63. The molecule has 1 aliphatic heterocycles. The molecule has 1 fully saturated rings. The van der Waals surface area contributed by atoms with Gasteiger partial charge in [0.2, 0.25) is 17.6 Å². The minimum absolute atomic E-state index is 0.0718. The summed E-state index contributed by atoms with van der Waals surface area (Å²) in [7, 11) is 1.64. The molecule has 0 aliphatic carbocycles. The van der Waals surface area contributed by atoms with Crippen LogP contribution in [0.3, 0.4) is 0 Å². The summed E-state index contributed by atoms with van der Waals surface area (Å²) in [4.78, 5) is 20.0. The zero-order chi connectivity index (χ0) is 19.5. The molecule has 0 radical (unpaired) electrons. The van der Waals surface area contributed by atoms with E-state index in [4.69, 9.17) is 9.26 Å². The molecule has 144 valence electrons. The Morgan fingerprint density at radius 2 is 1.93 bits per heavy atom. The zero-order valence-corrected chi connectivity index (χ0v) is 16.6. The Kier molecular flexibility index (Phi) is 5.34. The van der Waals surface area contributed by atoms with Crippen molar-refractivity contribution in [2.75, 3.05) is 19.9 Å². The van der Waals surface area contributed by atoms with Crippen molar-refractivity contribution in [3.63, 3.8) is 0 Å². The van der Waals surface area contributed by atoms with Gasteiger partial charge in [-0.3, -0.25) is 4.79 Å². The second-order valence-electron chi connectivity index (χ2n) is 6.71. The Labute approximate surface area is 167 Å². The standard InChI is InChI=1S/C21H21N3O3S/c1-26-17-7-3-14(4-8-17)12-24-13-16(11-19(24)25)21-22-20(23-27-21)15-5-9-18(28-2)10-6-15/h3-10,16H,11-13H2,1-2H3. The van der Waals surface area contributed by atoms with E-state index in [0.717, 1.165) is 16.9 Å². The van der Waals surface area contributed by atoms with Crippen LogP contribution in [0.1, 0.15) is 23.8 Å². The van der Waals surface area contributed by atoms with Crippen molar-refractivity contribution < 1.29 is 14.1 Å². The maximum atomic E-state index is 12.4. The fourth-order valence-electron chi connectivity index (χ4n) is 3.30. The number of carbonyl (C=O) groups is 1. The predicted octanol–water partition coefficient (Wildman–Crippen LogP) is 3.98. The first kappa shape index (κ1) is 18.6. The van der Waals surface area contributed by atoms with Gasteiger partial charge in [0, 0.05) is 30.0 Å². The Balaban J connectivity index is 1.44. The van der Waals surface area contributed by atoms with Crippen molar-refractivity contribution in [3.8, 4) is 17.1 Å². The van der Waals surface area contributed by atoms with E-state index in [9.17, 15) is 4.79 Å². The molecule has 1 amide bonds. The maximum absolute atomic E-state index is 12.4. The highest BCUT2D eigenvalue weighted by Crippen LogP contribution is 2.30. The van der Waals surface area contributed by atoms with E-state index in [0.29, 0.717) is 31.2 Å². The summed E-state index contributed by atoms with van der Waals surface area (Å²) in [6.07, 6.45) is 2.43. The van der Waals surface area contributed by atoms with E-state index in [1.54, 1.807) is 18.9 Å². The van der Waals surface area contributed by atoms with Gasteiger partial charge >= 0.3 is 0 Å². The first-order valence-corrected chi connectivity index (χ1v) is 10.3. The Morgan fingerprint density at radius 3 is 2.61 bits per heavy atom. The number of ether oxygens (including phenoxy) is 1. The van der Waals surface area contributed by atoms with Crippen LogP contribution in [0, 0.1) is 0 Å². The smallest absolute Gasteiger partial charge is 0.232 e. The summed E-state index contributed by atoms with van der Waals surface area (Å²) in [5.74, 6) is 1.92. The predicted molar refractivity (Wildman–Crippen MR) is 107 cm³/mol. The van der Waals surface area contributed by atoms with Crippen LogP contribution >= 0.6 is 11.8 Å². The van der Waals surface area contributed by atoms with Crippen molar-refractivity contribution in [1.82, 2.24) is 15.0 Å². The highest BCUT2D eigenvalue weighted by molar-refractivity contribution is 7.98. The van der Waals surface area contributed by atoms with Crippen molar-refractivity contribution in [2.45, 2.75) is 23.8 Å². The lowest BCUT2D eigenvalue weighted by Crippen LogP contribution is -2.24. The van der Waals surface area contributed by atoms with Crippen molar-refractivity contribution >= 4 is 17.7 Å². The molecule has 0 N–H and O–H groups in total. The van der Waals surface area contributed by atoms with Crippen LogP contribution in [0.25, 0.3) is 11.4 Å². The van der Waals surface area contributed by atoms with E-state index >= 15 is 0 Å². The van der Waals surface area contributed by atoms with Gasteiger partial charge in [-0.05, 0) is 48.2 Å². The van der Waals surface area contributed by atoms with E-state index < -0.39 is 0 Å². The van der Waals surface area contributed by atoms with Gasteiger partial charge in [-0.25, -0.2) is 0 Å². The van der Waals surface area contributed by atoms with Gasteiger partial charge in [-0.1, -0.05) is 17.3 Å². The van der Waals surface area contributed by atoms with Gasteiger partial charge < -0.3 is 14.2 Å². The molecule has 1 aromatic heterocycles. The van der Waals surface area contributed by atoms with Gasteiger partial charge in [0.05, 0.1) is 13.0 Å². The van der Waals surface area contributed by atoms with Crippen LogP contribution < -0.4 is 4.74 Å². The number of likely N-dealkylation sites (tertiary alicyclic amines) is 1. The lowest BCUT2D eigenvalue weighted by molar-refractivity contribution is -0.128. The Hall–Kier alpha value is -2.80. The molecule has 1 unspecified atom stereocenters. The summed E-state index contributed by atoms with van der Waals surface area (Å²) in [5, 5.41) is 4.10. The van der Waals surface area contributed by atoms with Gasteiger partial charge in [-0.15, -0.1) is 11.8 Å². The SMILES string of the molecule is COc1ccc(CN2CC(c3nc(-c4ccc(SC)cc4)no3)CC2=O)cc1. The van der Waals surface area contributed by atoms with Crippen LogP contribution in [-0.2, 0) is 11.3 Å². The summed E-state index contributed by atoms with van der Waals surface area (Å²) in [6.45, 7) is 1.15. The van der Waals surface area contributed by atoms with Crippen molar-refractivity contribution in [2.24, 2.45) is 0 Å². The molecular formula is C21H21N3O3S. The Morgan fingerprint density at radius 1 is 1.18 bits per heavy atom. The molecule has 4 rings (SSSR count). The van der Waals surface area contributed by atoms with E-state index in [2.05, 4.69) is 10.1 Å². The van der Waals surface area contributed by atoms with Gasteiger partial charge in [-0.2, -0.15) is 4.98 Å². The molecule has 1 aliphatic rings. The number of aromatic nitrogens is 2. The van der Waals surface area contributed by atoms with Crippen LogP contribution in [0.4, 0.5) is 0 Å². The number of amides is 1. The number of thioether (sulfide) groups is 1. The first-order chi connectivity index (χ1) is 13.7. The molecule has 0 bridgehead atoms. The molecule has 3 aromatic rings.